The second-order valence-corrected chi connectivity index (χ2v) is 8.24. The molecule has 0 fully saturated rings. The Morgan fingerprint density at radius 1 is 0.867 bits per heavy atom. The summed E-state index contributed by atoms with van der Waals surface area (Å²) in [6, 6.07) is 24.0. The minimum atomic E-state index is 0.265. The highest BCUT2D eigenvalue weighted by molar-refractivity contribution is 7.98. The number of ether oxygens (including phenoxy) is 2. The Balaban J connectivity index is 1.47. The minimum Gasteiger partial charge on any atom is -0.454 e. The molecule has 3 aromatic carbocycles. The fraction of sp³-hybridized carbons (Fsp3) is 0.130. The maximum atomic E-state index is 6.13. The molecule has 5 nitrogen and oxygen atoms in total. The first-order valence-corrected chi connectivity index (χ1v) is 10.9. The van der Waals surface area contributed by atoms with Gasteiger partial charge in [-0.05, 0) is 35.4 Å². The van der Waals surface area contributed by atoms with Crippen LogP contribution in [0, 0.1) is 0 Å². The number of hydrogen-bond donors (Lipinski definition) is 0. The zero-order chi connectivity index (χ0) is 20.3. The molecule has 30 heavy (non-hydrogen) atoms. The van der Waals surface area contributed by atoms with Gasteiger partial charge in [0.15, 0.2) is 22.5 Å². The third-order valence-electron chi connectivity index (χ3n) is 4.78. The maximum absolute atomic E-state index is 6.13. The number of aromatic nitrogens is 3. The van der Waals surface area contributed by atoms with Crippen molar-refractivity contribution in [3.63, 3.8) is 0 Å². The van der Waals surface area contributed by atoms with E-state index in [0.717, 1.165) is 49.9 Å². The van der Waals surface area contributed by atoms with Crippen LogP contribution in [0.3, 0.4) is 0 Å². The highest BCUT2D eigenvalue weighted by atomic mass is 35.5. The third kappa shape index (κ3) is 4.01. The third-order valence-corrected chi connectivity index (χ3v) is 6.06. The standard InChI is InChI=1S/C23H18ClN3O2S/c24-19-8-4-5-17(11-19)14-30-23-26-25-22(18-6-2-1-3-7-18)27(23)13-16-9-10-20-21(12-16)29-15-28-20/h1-12H,13-15H2. The van der Waals surface area contributed by atoms with Crippen molar-refractivity contribution in [2.24, 2.45) is 0 Å². The van der Waals surface area contributed by atoms with Crippen molar-refractivity contribution in [3.8, 4) is 22.9 Å². The van der Waals surface area contributed by atoms with Gasteiger partial charge >= 0.3 is 0 Å². The Morgan fingerprint density at radius 2 is 1.73 bits per heavy atom. The van der Waals surface area contributed by atoms with Crippen LogP contribution in [0.5, 0.6) is 11.5 Å². The first kappa shape index (κ1) is 19.0. The summed E-state index contributed by atoms with van der Waals surface area (Å²) in [7, 11) is 0. The van der Waals surface area contributed by atoms with Crippen molar-refractivity contribution >= 4 is 23.4 Å². The van der Waals surface area contributed by atoms with E-state index in [1.807, 2.05) is 66.7 Å². The van der Waals surface area contributed by atoms with Crippen LogP contribution in [-0.2, 0) is 12.3 Å². The summed E-state index contributed by atoms with van der Waals surface area (Å²) in [5, 5.41) is 10.6. The molecule has 150 valence electrons. The molecule has 0 N–H and O–H groups in total. The average Bonchev–Trinajstić information content (AvgIpc) is 3.39. The number of fused-ring (bicyclic) bond motifs is 1. The largest absolute Gasteiger partial charge is 0.454 e. The summed E-state index contributed by atoms with van der Waals surface area (Å²) in [5.74, 6) is 3.15. The summed E-state index contributed by atoms with van der Waals surface area (Å²) in [4.78, 5) is 0. The second kappa shape index (κ2) is 8.42. The molecule has 0 saturated carbocycles. The molecule has 0 unspecified atom stereocenters. The van der Waals surface area contributed by atoms with E-state index in [1.165, 1.54) is 0 Å². The fourth-order valence-electron chi connectivity index (χ4n) is 3.34. The van der Waals surface area contributed by atoms with Crippen LogP contribution in [0.2, 0.25) is 5.02 Å². The van der Waals surface area contributed by atoms with E-state index in [1.54, 1.807) is 11.8 Å². The van der Waals surface area contributed by atoms with Gasteiger partial charge in [0.2, 0.25) is 6.79 Å². The summed E-state index contributed by atoms with van der Waals surface area (Å²) in [6.45, 7) is 0.896. The lowest BCUT2D eigenvalue weighted by atomic mass is 10.2. The molecule has 2 heterocycles. The van der Waals surface area contributed by atoms with Crippen LogP contribution in [0.15, 0.2) is 78.0 Å². The zero-order valence-electron chi connectivity index (χ0n) is 16.0. The number of benzene rings is 3. The van der Waals surface area contributed by atoms with Gasteiger partial charge < -0.3 is 9.47 Å². The van der Waals surface area contributed by atoms with Crippen molar-refractivity contribution in [1.82, 2.24) is 14.8 Å². The quantitative estimate of drug-likeness (QED) is 0.365. The molecule has 0 atom stereocenters. The van der Waals surface area contributed by atoms with Gasteiger partial charge in [0, 0.05) is 16.3 Å². The van der Waals surface area contributed by atoms with Gasteiger partial charge in [0.05, 0.1) is 6.54 Å². The predicted octanol–water partition coefficient (Wildman–Crippen LogP) is 5.67. The Hall–Kier alpha value is -2.96. The SMILES string of the molecule is Clc1cccc(CSc2nnc(-c3ccccc3)n2Cc2ccc3c(c2)OCO3)c1. The number of halogens is 1. The molecule has 1 aromatic heterocycles. The lowest BCUT2D eigenvalue weighted by Crippen LogP contribution is -2.04. The molecule has 0 bridgehead atoms. The first-order valence-electron chi connectivity index (χ1n) is 9.51. The van der Waals surface area contributed by atoms with Crippen LogP contribution in [0.1, 0.15) is 11.1 Å². The van der Waals surface area contributed by atoms with Gasteiger partial charge in [-0.25, -0.2) is 0 Å². The van der Waals surface area contributed by atoms with Crippen molar-refractivity contribution in [2.45, 2.75) is 17.5 Å². The molecule has 1 aliphatic rings. The highest BCUT2D eigenvalue weighted by Crippen LogP contribution is 2.34. The summed E-state index contributed by atoms with van der Waals surface area (Å²) >= 11 is 7.78. The van der Waals surface area contributed by atoms with Crippen molar-refractivity contribution in [2.75, 3.05) is 6.79 Å². The van der Waals surface area contributed by atoms with E-state index in [0.29, 0.717) is 6.54 Å². The predicted molar refractivity (Wildman–Crippen MR) is 118 cm³/mol. The lowest BCUT2D eigenvalue weighted by Gasteiger charge is -2.11. The maximum Gasteiger partial charge on any atom is 0.231 e. The lowest BCUT2D eigenvalue weighted by molar-refractivity contribution is 0.174. The molecule has 0 radical (unpaired) electrons. The average molecular weight is 436 g/mol. The number of nitrogens with zero attached hydrogens (tertiary/aromatic N) is 3. The second-order valence-electron chi connectivity index (χ2n) is 6.86. The van der Waals surface area contributed by atoms with E-state index in [2.05, 4.69) is 20.8 Å². The van der Waals surface area contributed by atoms with Crippen LogP contribution < -0.4 is 9.47 Å². The fourth-order valence-corrected chi connectivity index (χ4v) is 4.43. The van der Waals surface area contributed by atoms with Gasteiger partial charge in [0.1, 0.15) is 0 Å². The molecule has 0 saturated heterocycles. The number of hydrogen-bond acceptors (Lipinski definition) is 5. The van der Waals surface area contributed by atoms with E-state index in [9.17, 15) is 0 Å². The molecule has 0 spiro atoms. The number of rotatable bonds is 6. The van der Waals surface area contributed by atoms with Crippen LogP contribution in [0.4, 0.5) is 0 Å². The van der Waals surface area contributed by atoms with E-state index in [4.69, 9.17) is 21.1 Å². The topological polar surface area (TPSA) is 49.2 Å². The first-order chi connectivity index (χ1) is 14.8. The highest BCUT2D eigenvalue weighted by Gasteiger charge is 2.18. The van der Waals surface area contributed by atoms with Crippen molar-refractivity contribution in [1.29, 1.82) is 0 Å². The van der Waals surface area contributed by atoms with Crippen LogP contribution >= 0.6 is 23.4 Å². The molecule has 7 heteroatoms. The molecule has 1 aliphatic heterocycles. The Morgan fingerprint density at radius 3 is 2.60 bits per heavy atom. The minimum absolute atomic E-state index is 0.265. The number of thioether (sulfide) groups is 1. The normalized spacial score (nSPS) is 12.3. The monoisotopic (exact) mass is 435 g/mol. The van der Waals surface area contributed by atoms with E-state index < -0.39 is 0 Å². The molecule has 0 amide bonds. The van der Waals surface area contributed by atoms with E-state index >= 15 is 0 Å². The van der Waals surface area contributed by atoms with Crippen LogP contribution in [-0.4, -0.2) is 21.6 Å². The summed E-state index contributed by atoms with van der Waals surface area (Å²) < 4.78 is 13.1. The molecule has 5 rings (SSSR count). The van der Waals surface area contributed by atoms with Crippen molar-refractivity contribution in [3.05, 3.63) is 88.9 Å². The van der Waals surface area contributed by atoms with Gasteiger partial charge in [-0.15, -0.1) is 10.2 Å². The summed E-state index contributed by atoms with van der Waals surface area (Å²) in [5.41, 5.74) is 3.27. The van der Waals surface area contributed by atoms with E-state index in [-0.39, 0.29) is 6.79 Å². The Bertz CT molecular complexity index is 1180. The van der Waals surface area contributed by atoms with Crippen molar-refractivity contribution < 1.29 is 9.47 Å². The summed E-state index contributed by atoms with van der Waals surface area (Å²) in [6.07, 6.45) is 0. The van der Waals surface area contributed by atoms with Crippen LogP contribution in [0.25, 0.3) is 11.4 Å². The van der Waals surface area contributed by atoms with Gasteiger partial charge in [-0.3, -0.25) is 4.57 Å². The van der Waals surface area contributed by atoms with Gasteiger partial charge in [0.25, 0.3) is 0 Å². The molecular formula is C23H18ClN3O2S. The smallest absolute Gasteiger partial charge is 0.231 e. The Labute approximate surface area is 183 Å². The van der Waals surface area contributed by atoms with Gasteiger partial charge in [-0.1, -0.05) is 71.9 Å². The molecular weight excluding hydrogens is 418 g/mol. The Kier molecular flexibility index (Phi) is 5.34. The van der Waals surface area contributed by atoms with Gasteiger partial charge in [-0.2, -0.15) is 0 Å². The molecule has 4 aromatic rings. The zero-order valence-corrected chi connectivity index (χ0v) is 17.6. The molecule has 0 aliphatic carbocycles.